The molecule has 254 valence electrons. The van der Waals surface area contributed by atoms with Crippen LogP contribution in [0.25, 0.3) is 10.9 Å². The lowest BCUT2D eigenvalue weighted by Gasteiger charge is -2.31. The Morgan fingerprint density at radius 2 is 1.88 bits per heavy atom. The van der Waals surface area contributed by atoms with Crippen molar-refractivity contribution >= 4 is 40.2 Å². The third kappa shape index (κ3) is 8.78. The maximum absolute atomic E-state index is 15.2. The van der Waals surface area contributed by atoms with Gasteiger partial charge in [0.1, 0.15) is 12.4 Å². The number of benzene rings is 3. The number of morpholine rings is 1. The van der Waals surface area contributed by atoms with Crippen LogP contribution in [0.15, 0.2) is 79.0 Å². The smallest absolute Gasteiger partial charge is 0.411 e. The lowest BCUT2D eigenvalue weighted by Crippen LogP contribution is -2.50. The number of nitrogens with zero attached hydrogens (tertiary/aromatic N) is 2. The molecule has 0 unspecified atom stereocenters. The van der Waals surface area contributed by atoms with E-state index < -0.39 is 54.8 Å². The lowest BCUT2D eigenvalue weighted by molar-refractivity contribution is -0.143. The van der Waals surface area contributed by atoms with Crippen LogP contribution in [0.5, 0.6) is 0 Å². The number of hydrogen-bond acceptors (Lipinski definition) is 7. The summed E-state index contributed by atoms with van der Waals surface area (Å²) in [6.45, 7) is -1.36. The molecule has 5 rings (SSSR count). The van der Waals surface area contributed by atoms with Crippen LogP contribution in [0.1, 0.15) is 29.0 Å². The molecule has 1 aliphatic rings. The van der Waals surface area contributed by atoms with Gasteiger partial charge >= 0.3 is 12.3 Å². The van der Waals surface area contributed by atoms with Gasteiger partial charge < -0.3 is 25.4 Å². The van der Waals surface area contributed by atoms with E-state index in [0.29, 0.717) is 16.3 Å². The van der Waals surface area contributed by atoms with E-state index in [-0.39, 0.29) is 30.8 Å². The second-order valence-corrected chi connectivity index (χ2v) is 11.9. The largest absolute Gasteiger partial charge is 0.428 e. The van der Waals surface area contributed by atoms with Crippen molar-refractivity contribution in [3.8, 4) is 0 Å². The molecule has 3 aromatic carbocycles. The van der Waals surface area contributed by atoms with Crippen molar-refractivity contribution < 1.29 is 36.6 Å². The van der Waals surface area contributed by atoms with Crippen LogP contribution in [-0.2, 0) is 20.7 Å². The summed E-state index contributed by atoms with van der Waals surface area (Å²) in [4.78, 5) is 30.6. The van der Waals surface area contributed by atoms with Crippen molar-refractivity contribution in [2.24, 2.45) is 5.73 Å². The Kier molecular flexibility index (Phi) is 11.2. The average molecular weight is 688 g/mol. The van der Waals surface area contributed by atoms with Crippen LogP contribution in [0.3, 0.4) is 0 Å². The molecule has 1 saturated heterocycles. The number of fused-ring (bicyclic) bond motifs is 1. The minimum Gasteiger partial charge on any atom is -0.428 e. The zero-order chi connectivity index (χ0) is 34.4. The molecule has 2 heterocycles. The highest BCUT2D eigenvalue weighted by Gasteiger charge is 2.34. The third-order valence-corrected chi connectivity index (χ3v) is 8.28. The fourth-order valence-corrected chi connectivity index (χ4v) is 5.78. The Hall–Kier alpha value is -4.30. The van der Waals surface area contributed by atoms with Gasteiger partial charge in [-0.3, -0.25) is 15.1 Å². The molecule has 1 aliphatic heterocycles. The Morgan fingerprint density at radius 1 is 1.12 bits per heavy atom. The Morgan fingerprint density at radius 3 is 2.58 bits per heavy atom. The summed E-state index contributed by atoms with van der Waals surface area (Å²) in [5.74, 6) is -1.65. The van der Waals surface area contributed by atoms with Crippen LogP contribution < -0.4 is 16.4 Å². The van der Waals surface area contributed by atoms with Gasteiger partial charge in [0, 0.05) is 47.4 Å². The molecular weight excluding hydrogens is 654 g/mol. The lowest BCUT2D eigenvalue weighted by atomic mass is 9.83. The maximum Gasteiger partial charge on any atom is 0.411 e. The molecular formula is C34H34ClF4N5O4. The molecule has 4 atom stereocenters. The zero-order valence-electron chi connectivity index (χ0n) is 25.8. The topological polar surface area (TPSA) is 119 Å². The van der Waals surface area contributed by atoms with E-state index in [1.807, 2.05) is 42.5 Å². The molecule has 48 heavy (non-hydrogen) atoms. The molecule has 0 spiro atoms. The summed E-state index contributed by atoms with van der Waals surface area (Å²) >= 11 is 6.16. The van der Waals surface area contributed by atoms with Crippen LogP contribution >= 0.6 is 11.6 Å². The van der Waals surface area contributed by atoms with E-state index in [2.05, 4.69) is 15.6 Å². The Labute approximate surface area is 279 Å². The molecule has 14 heteroatoms. The number of carbonyl (C=O) groups is 2. The second-order valence-electron chi connectivity index (χ2n) is 11.5. The van der Waals surface area contributed by atoms with Crippen molar-refractivity contribution in [3.05, 3.63) is 107 Å². The number of hydrogen-bond donors (Lipinski definition) is 3. The van der Waals surface area contributed by atoms with Gasteiger partial charge in [0.2, 0.25) is 5.91 Å². The summed E-state index contributed by atoms with van der Waals surface area (Å²) in [6.07, 6.45) is -4.90. The van der Waals surface area contributed by atoms with Gasteiger partial charge in [-0.25, -0.2) is 9.18 Å². The predicted molar refractivity (Wildman–Crippen MR) is 173 cm³/mol. The zero-order valence-corrected chi connectivity index (χ0v) is 26.6. The number of rotatable bonds is 10. The standard InChI is InChI=1S/C34H34ClF4N5O4/c1-44(19-34(37,38)39)33(46)48-29-18-47-22(17-42-29)13-14-25-26(36)6-4-8-28(25)43-32(45)31(40)30(20-9-11-21(35)12-10-20)24-15-16-41-27-7-3-2-5-23(24)27/h2-12,15-16,22,29-31,42H,13-14,17-19,40H2,1H3,(H,43,45)/t22-,29+,30+,31+/m1/s1. The molecule has 2 amide bonds. The number of nitrogens with two attached hydrogens (primary N) is 1. The van der Waals surface area contributed by atoms with Gasteiger partial charge in [0.15, 0.2) is 6.23 Å². The first-order chi connectivity index (χ1) is 22.9. The highest BCUT2D eigenvalue weighted by molar-refractivity contribution is 6.30. The van der Waals surface area contributed by atoms with Crippen molar-refractivity contribution in [1.29, 1.82) is 0 Å². The number of carbonyl (C=O) groups excluding carboxylic acids is 2. The molecule has 1 aromatic heterocycles. The highest BCUT2D eigenvalue weighted by Crippen LogP contribution is 2.34. The molecule has 4 aromatic rings. The van der Waals surface area contributed by atoms with Crippen LogP contribution in [-0.4, -0.2) is 73.2 Å². The summed E-state index contributed by atoms with van der Waals surface area (Å²) in [6, 6.07) is 19.7. The molecule has 1 fully saturated rings. The Bertz CT molecular complexity index is 1730. The summed E-state index contributed by atoms with van der Waals surface area (Å²) < 4.78 is 63.7. The first-order valence-electron chi connectivity index (χ1n) is 15.2. The number of anilines is 1. The minimum absolute atomic E-state index is 0.109. The molecule has 9 nitrogen and oxygen atoms in total. The van der Waals surface area contributed by atoms with Gasteiger partial charge in [0.05, 0.1) is 24.3 Å². The maximum atomic E-state index is 15.2. The van der Waals surface area contributed by atoms with Gasteiger partial charge in [-0.2, -0.15) is 13.2 Å². The fourth-order valence-electron chi connectivity index (χ4n) is 5.65. The first kappa shape index (κ1) is 35.0. The number of halogens is 5. The van der Waals surface area contributed by atoms with E-state index in [0.717, 1.165) is 29.1 Å². The van der Waals surface area contributed by atoms with Crippen LogP contribution in [0.4, 0.5) is 28.0 Å². The second kappa shape index (κ2) is 15.3. The molecule has 0 bridgehead atoms. The summed E-state index contributed by atoms with van der Waals surface area (Å²) in [5, 5.41) is 7.11. The molecule has 4 N–H and O–H groups in total. The minimum atomic E-state index is -4.56. The van der Waals surface area contributed by atoms with Crippen LogP contribution in [0.2, 0.25) is 5.02 Å². The SMILES string of the molecule is CN(CC(F)(F)F)C(=O)O[C@H]1CO[C@H](CCc2c(F)cccc2NC(=O)[C@@H](N)[C@@H](c2ccc(Cl)cc2)c2ccnc3ccccc23)CN1. The predicted octanol–water partition coefficient (Wildman–Crippen LogP) is 6.00. The number of nitrogens with one attached hydrogen (secondary N) is 2. The number of aromatic nitrogens is 1. The monoisotopic (exact) mass is 687 g/mol. The Balaban J connectivity index is 1.26. The van der Waals surface area contributed by atoms with Crippen LogP contribution in [0, 0.1) is 5.82 Å². The van der Waals surface area contributed by atoms with E-state index in [9.17, 15) is 22.8 Å². The van der Waals surface area contributed by atoms with Gasteiger partial charge in [0.25, 0.3) is 0 Å². The van der Waals surface area contributed by atoms with Crippen molar-refractivity contribution in [2.75, 3.05) is 32.1 Å². The van der Waals surface area contributed by atoms with E-state index in [1.54, 1.807) is 24.4 Å². The summed E-state index contributed by atoms with van der Waals surface area (Å²) in [5.41, 5.74) is 9.50. The number of para-hydroxylation sites is 1. The average Bonchev–Trinajstić information content (AvgIpc) is 3.05. The quantitative estimate of drug-likeness (QED) is 0.175. The molecule has 0 aliphatic carbocycles. The van der Waals surface area contributed by atoms with Gasteiger partial charge in [-0.15, -0.1) is 0 Å². The van der Waals surface area contributed by atoms with E-state index in [4.69, 9.17) is 26.8 Å². The number of pyridine rings is 1. The third-order valence-electron chi connectivity index (χ3n) is 8.03. The van der Waals surface area contributed by atoms with Gasteiger partial charge in [-0.05, 0) is 60.4 Å². The van der Waals surface area contributed by atoms with Crippen molar-refractivity contribution in [1.82, 2.24) is 15.2 Å². The number of amides is 2. The van der Waals surface area contributed by atoms with E-state index in [1.165, 1.54) is 12.1 Å². The number of ether oxygens (including phenoxy) is 2. The molecule has 0 radical (unpaired) electrons. The van der Waals surface area contributed by atoms with E-state index >= 15 is 4.39 Å². The number of alkyl halides is 3. The highest BCUT2D eigenvalue weighted by atomic mass is 35.5. The normalized spacial score (nSPS) is 17.8. The van der Waals surface area contributed by atoms with Gasteiger partial charge in [-0.1, -0.05) is 48.0 Å². The fraction of sp³-hybridized carbons (Fsp3) is 0.324. The first-order valence-corrected chi connectivity index (χ1v) is 15.5. The summed E-state index contributed by atoms with van der Waals surface area (Å²) in [7, 11) is 0.985. The van der Waals surface area contributed by atoms with Crippen molar-refractivity contribution in [2.45, 2.75) is 43.3 Å². The molecule has 0 saturated carbocycles. The van der Waals surface area contributed by atoms with Crippen molar-refractivity contribution in [3.63, 3.8) is 0 Å².